The highest BCUT2D eigenvalue weighted by molar-refractivity contribution is 7.08. The van der Waals surface area contributed by atoms with Crippen LogP contribution in [0.1, 0.15) is 23.1 Å². The zero-order chi connectivity index (χ0) is 17.3. The molecule has 25 heavy (non-hydrogen) atoms. The van der Waals surface area contributed by atoms with Crippen molar-refractivity contribution in [1.82, 2.24) is 9.80 Å². The first-order valence-electron chi connectivity index (χ1n) is 8.92. The summed E-state index contributed by atoms with van der Waals surface area (Å²) in [5, 5.41) is 15.0. The van der Waals surface area contributed by atoms with Gasteiger partial charge in [0.1, 0.15) is 0 Å². The molecular weight excluding hydrogens is 332 g/mol. The number of hydrogen-bond donors (Lipinski definition) is 1. The molecular formula is C20H24N2O2S. The van der Waals surface area contributed by atoms with Crippen molar-refractivity contribution in [3.8, 4) is 0 Å². The topological polar surface area (TPSA) is 43.8 Å². The van der Waals surface area contributed by atoms with Crippen LogP contribution in [-0.4, -0.2) is 52.6 Å². The monoisotopic (exact) mass is 356 g/mol. The van der Waals surface area contributed by atoms with E-state index in [0.29, 0.717) is 32.5 Å². The van der Waals surface area contributed by atoms with E-state index >= 15 is 0 Å². The Morgan fingerprint density at radius 3 is 2.84 bits per heavy atom. The van der Waals surface area contributed by atoms with Crippen LogP contribution in [-0.2, 0) is 24.2 Å². The van der Waals surface area contributed by atoms with Crippen molar-refractivity contribution < 1.29 is 9.90 Å². The number of carbonyl (C=O) groups excluding carboxylic acids is 1. The molecule has 1 aromatic carbocycles. The lowest BCUT2D eigenvalue weighted by Gasteiger charge is -2.34. The Bertz CT molecular complexity index is 746. The van der Waals surface area contributed by atoms with E-state index in [1.165, 1.54) is 11.1 Å². The molecule has 4 rings (SSSR count). The third-order valence-electron chi connectivity index (χ3n) is 5.35. The predicted octanol–water partition coefficient (Wildman–Crippen LogP) is 2.31. The van der Waals surface area contributed by atoms with E-state index in [2.05, 4.69) is 29.2 Å². The second-order valence-electron chi connectivity index (χ2n) is 7.33. The van der Waals surface area contributed by atoms with Crippen molar-refractivity contribution >= 4 is 17.2 Å². The molecule has 1 amide bonds. The van der Waals surface area contributed by atoms with Gasteiger partial charge in [-0.3, -0.25) is 9.69 Å². The number of carbonyl (C=O) groups is 1. The lowest BCUT2D eigenvalue weighted by molar-refractivity contribution is -0.130. The molecule has 1 N–H and O–H groups in total. The lowest BCUT2D eigenvalue weighted by atomic mass is 9.97. The van der Waals surface area contributed by atoms with E-state index in [0.717, 1.165) is 25.1 Å². The van der Waals surface area contributed by atoms with Crippen LogP contribution in [0.2, 0.25) is 0 Å². The molecule has 1 unspecified atom stereocenters. The molecule has 0 saturated carbocycles. The summed E-state index contributed by atoms with van der Waals surface area (Å²) in [6.07, 6.45) is 2.14. The lowest BCUT2D eigenvalue weighted by Crippen LogP contribution is -2.47. The number of fused-ring (bicyclic) bond motifs is 1. The summed E-state index contributed by atoms with van der Waals surface area (Å²) >= 11 is 1.61. The van der Waals surface area contributed by atoms with Gasteiger partial charge >= 0.3 is 0 Å². The first-order chi connectivity index (χ1) is 12.1. The number of thiophene rings is 1. The maximum absolute atomic E-state index is 12.5. The molecule has 0 spiro atoms. The number of hydrogen-bond acceptors (Lipinski definition) is 4. The van der Waals surface area contributed by atoms with Gasteiger partial charge in [0.2, 0.25) is 5.91 Å². The summed E-state index contributed by atoms with van der Waals surface area (Å²) in [5.41, 5.74) is 3.07. The zero-order valence-corrected chi connectivity index (χ0v) is 15.2. The van der Waals surface area contributed by atoms with Gasteiger partial charge in [-0.25, -0.2) is 0 Å². The molecule has 0 radical (unpaired) electrons. The number of β-amino-alcohol motifs (C(OH)–C–C–N with tert-alkyl or cyclic N) is 1. The third-order valence-corrected chi connectivity index (χ3v) is 6.08. The molecule has 1 saturated heterocycles. The summed E-state index contributed by atoms with van der Waals surface area (Å²) in [7, 11) is 0. The van der Waals surface area contributed by atoms with Crippen molar-refractivity contribution in [3.05, 3.63) is 57.8 Å². The highest BCUT2D eigenvalue weighted by atomic mass is 32.1. The summed E-state index contributed by atoms with van der Waals surface area (Å²) in [4.78, 5) is 16.6. The van der Waals surface area contributed by atoms with Crippen molar-refractivity contribution in [2.75, 3.05) is 26.2 Å². The van der Waals surface area contributed by atoms with Gasteiger partial charge in [0.25, 0.3) is 0 Å². The van der Waals surface area contributed by atoms with E-state index in [1.807, 2.05) is 21.7 Å². The maximum atomic E-state index is 12.5. The first-order valence-corrected chi connectivity index (χ1v) is 9.86. The predicted molar refractivity (Wildman–Crippen MR) is 99.6 cm³/mol. The first kappa shape index (κ1) is 16.8. The molecule has 2 aromatic rings. The number of nitrogens with zero attached hydrogens (tertiary/aromatic N) is 2. The summed E-state index contributed by atoms with van der Waals surface area (Å²) in [6.45, 7) is 3.62. The van der Waals surface area contributed by atoms with Gasteiger partial charge in [-0.1, -0.05) is 24.3 Å². The molecule has 5 heteroatoms. The van der Waals surface area contributed by atoms with Crippen LogP contribution in [0.3, 0.4) is 0 Å². The van der Waals surface area contributed by atoms with Crippen molar-refractivity contribution in [2.24, 2.45) is 0 Å². The summed E-state index contributed by atoms with van der Waals surface area (Å²) in [6, 6.07) is 10.5. The van der Waals surface area contributed by atoms with Gasteiger partial charge < -0.3 is 10.0 Å². The van der Waals surface area contributed by atoms with Gasteiger partial charge in [0, 0.05) is 26.2 Å². The van der Waals surface area contributed by atoms with Crippen LogP contribution in [0.15, 0.2) is 41.1 Å². The highest BCUT2D eigenvalue weighted by Crippen LogP contribution is 2.26. The van der Waals surface area contributed by atoms with E-state index in [1.54, 1.807) is 11.3 Å². The number of rotatable bonds is 4. The van der Waals surface area contributed by atoms with Crippen molar-refractivity contribution in [2.45, 2.75) is 31.4 Å². The number of aliphatic hydroxyl groups is 1. The van der Waals surface area contributed by atoms with Gasteiger partial charge in [-0.05, 0) is 46.4 Å². The van der Waals surface area contributed by atoms with Crippen molar-refractivity contribution in [3.63, 3.8) is 0 Å². The quantitative estimate of drug-likeness (QED) is 0.914. The van der Waals surface area contributed by atoms with Crippen LogP contribution >= 0.6 is 11.3 Å². The third kappa shape index (κ3) is 3.78. The van der Waals surface area contributed by atoms with Crippen molar-refractivity contribution in [1.29, 1.82) is 0 Å². The Morgan fingerprint density at radius 1 is 1.20 bits per heavy atom. The van der Waals surface area contributed by atoms with Gasteiger partial charge in [0.05, 0.1) is 18.6 Å². The Morgan fingerprint density at radius 2 is 2.04 bits per heavy atom. The van der Waals surface area contributed by atoms with Gasteiger partial charge in [0.15, 0.2) is 0 Å². The fraction of sp³-hybridized carbons (Fsp3) is 0.450. The largest absolute Gasteiger partial charge is 0.387 e. The van der Waals surface area contributed by atoms with Crippen LogP contribution in [0, 0.1) is 0 Å². The Hall–Kier alpha value is -1.69. The summed E-state index contributed by atoms with van der Waals surface area (Å²) in [5.74, 6) is 0.123. The SMILES string of the molecule is O=C(Cc1ccsc1)N1CCC(O)(CN2CCc3ccccc3C2)C1. The molecule has 132 valence electrons. The number of amides is 1. The smallest absolute Gasteiger partial charge is 0.227 e. The van der Waals surface area contributed by atoms with E-state index < -0.39 is 5.60 Å². The molecule has 1 aromatic heterocycles. The van der Waals surface area contributed by atoms with Crippen LogP contribution in [0.4, 0.5) is 0 Å². The number of benzene rings is 1. The standard InChI is InChI=1S/C20H24N2O2S/c23-19(11-16-6-10-25-13-16)22-9-7-20(24,15-22)14-21-8-5-17-3-1-2-4-18(17)12-21/h1-4,6,10,13,24H,5,7-9,11-12,14-15H2. The van der Waals surface area contributed by atoms with Gasteiger partial charge in [-0.2, -0.15) is 11.3 Å². The Balaban J connectivity index is 1.35. The minimum Gasteiger partial charge on any atom is -0.387 e. The molecule has 0 bridgehead atoms. The maximum Gasteiger partial charge on any atom is 0.227 e. The summed E-state index contributed by atoms with van der Waals surface area (Å²) < 4.78 is 0. The van der Waals surface area contributed by atoms with E-state index in [4.69, 9.17) is 0 Å². The Labute approximate surface area is 152 Å². The molecule has 3 heterocycles. The zero-order valence-electron chi connectivity index (χ0n) is 14.4. The van der Waals surface area contributed by atoms with Gasteiger partial charge in [-0.15, -0.1) is 0 Å². The average molecular weight is 356 g/mol. The molecule has 2 aliphatic rings. The molecule has 1 atom stereocenters. The van der Waals surface area contributed by atoms with Crippen LogP contribution in [0.5, 0.6) is 0 Å². The second kappa shape index (κ2) is 6.90. The minimum absolute atomic E-state index is 0.123. The molecule has 1 fully saturated rings. The van der Waals surface area contributed by atoms with E-state index in [-0.39, 0.29) is 5.91 Å². The fourth-order valence-corrected chi connectivity index (χ4v) is 4.65. The number of likely N-dealkylation sites (tertiary alicyclic amines) is 1. The normalized spacial score (nSPS) is 23.6. The highest BCUT2D eigenvalue weighted by Gasteiger charge is 2.39. The average Bonchev–Trinajstić information content (AvgIpc) is 3.24. The molecule has 2 aliphatic heterocycles. The minimum atomic E-state index is -0.781. The fourth-order valence-electron chi connectivity index (χ4n) is 3.98. The van der Waals surface area contributed by atoms with E-state index in [9.17, 15) is 9.90 Å². The second-order valence-corrected chi connectivity index (χ2v) is 8.11. The van der Waals surface area contributed by atoms with Crippen LogP contribution in [0.25, 0.3) is 0 Å². The Kier molecular flexibility index (Phi) is 4.63. The van der Waals surface area contributed by atoms with Crippen LogP contribution < -0.4 is 0 Å². The molecule has 0 aliphatic carbocycles. The molecule has 4 nitrogen and oxygen atoms in total.